The Morgan fingerprint density at radius 1 is 1.00 bits per heavy atom. The third-order valence-corrected chi connectivity index (χ3v) is 5.32. The summed E-state index contributed by atoms with van der Waals surface area (Å²) < 4.78 is 50.5. The second kappa shape index (κ2) is 5.25. The van der Waals surface area contributed by atoms with Gasteiger partial charge in [-0.3, -0.25) is 0 Å². The summed E-state index contributed by atoms with van der Waals surface area (Å²) in [6.45, 7) is 7.96. The second-order valence-corrected chi connectivity index (χ2v) is 7.61. The number of hydrogen-bond acceptors (Lipinski definition) is 2. The number of hydrogen-bond donors (Lipinski definition) is 0. The van der Waals surface area contributed by atoms with Gasteiger partial charge in [0.15, 0.2) is 0 Å². The largest absolute Gasteiger partial charge is 0.466 e. The maximum Gasteiger partial charge on any atom is 0.466 e. The highest BCUT2D eigenvalue weighted by molar-refractivity contribution is 6.47. The molecule has 1 atom stereocenters. The Hall–Kier alpha value is -1.01. The van der Waals surface area contributed by atoms with E-state index in [1.807, 2.05) is 27.7 Å². The summed E-state index contributed by atoms with van der Waals surface area (Å²) in [5.74, 6) is 0.403. The quantitative estimate of drug-likeness (QED) is 0.741. The van der Waals surface area contributed by atoms with Crippen LogP contribution in [-0.4, -0.2) is 18.3 Å². The van der Waals surface area contributed by atoms with Crippen LogP contribution in [0.4, 0.5) is 13.2 Å². The molecular formula is C17H22BF3O2. The van der Waals surface area contributed by atoms with E-state index in [9.17, 15) is 13.2 Å². The monoisotopic (exact) mass is 326 g/mol. The first kappa shape index (κ1) is 16.8. The first-order valence-corrected chi connectivity index (χ1v) is 8.04. The topological polar surface area (TPSA) is 18.5 Å². The minimum atomic E-state index is -4.31. The molecule has 1 heterocycles. The van der Waals surface area contributed by atoms with Gasteiger partial charge in [0.2, 0.25) is 0 Å². The third kappa shape index (κ3) is 3.16. The highest BCUT2D eigenvalue weighted by Gasteiger charge is 2.56. The van der Waals surface area contributed by atoms with Crippen molar-refractivity contribution in [3.8, 4) is 0 Å². The van der Waals surface area contributed by atoms with Crippen molar-refractivity contribution >= 4 is 7.12 Å². The maximum atomic E-state index is 12.7. The van der Waals surface area contributed by atoms with Gasteiger partial charge >= 0.3 is 13.3 Å². The standard InChI is InChI=1S/C17H22BF3O2/c1-15(2)16(3,4)23-18(22-15)14(11-5-6-11)12-7-9-13(10-8-12)17(19,20)21/h7-11,14H,5-6H2,1-4H3. The minimum absolute atomic E-state index is 0.0154. The van der Waals surface area contributed by atoms with Gasteiger partial charge in [-0.15, -0.1) is 0 Å². The predicted molar refractivity (Wildman–Crippen MR) is 83.0 cm³/mol. The van der Waals surface area contributed by atoms with Crippen molar-refractivity contribution in [3.63, 3.8) is 0 Å². The zero-order valence-corrected chi connectivity index (χ0v) is 13.9. The van der Waals surface area contributed by atoms with Gasteiger partial charge in [0, 0.05) is 5.82 Å². The molecule has 0 spiro atoms. The van der Waals surface area contributed by atoms with Crippen LogP contribution < -0.4 is 0 Å². The van der Waals surface area contributed by atoms with Crippen molar-refractivity contribution in [2.75, 3.05) is 0 Å². The fourth-order valence-corrected chi connectivity index (χ4v) is 3.04. The number of alkyl halides is 3. The zero-order chi connectivity index (χ0) is 17.0. The van der Waals surface area contributed by atoms with Crippen LogP contribution in [0, 0.1) is 5.92 Å². The van der Waals surface area contributed by atoms with Crippen LogP contribution in [0.25, 0.3) is 0 Å². The number of benzene rings is 1. The van der Waals surface area contributed by atoms with Crippen LogP contribution in [0.1, 0.15) is 57.5 Å². The van der Waals surface area contributed by atoms with E-state index in [0.717, 1.165) is 30.5 Å². The molecule has 1 aliphatic carbocycles. The van der Waals surface area contributed by atoms with Crippen molar-refractivity contribution in [3.05, 3.63) is 35.4 Å². The molecule has 0 bridgehead atoms. The lowest BCUT2D eigenvalue weighted by Gasteiger charge is -2.32. The molecule has 0 amide bonds. The fourth-order valence-electron chi connectivity index (χ4n) is 3.04. The molecule has 3 rings (SSSR count). The first-order chi connectivity index (χ1) is 10.5. The zero-order valence-electron chi connectivity index (χ0n) is 13.9. The molecule has 1 saturated heterocycles. The van der Waals surface area contributed by atoms with E-state index in [1.54, 1.807) is 12.1 Å². The molecular weight excluding hydrogens is 304 g/mol. The first-order valence-electron chi connectivity index (χ1n) is 8.04. The average Bonchev–Trinajstić information content (AvgIpc) is 3.18. The Balaban J connectivity index is 1.86. The van der Waals surface area contributed by atoms with Crippen LogP contribution in [0.3, 0.4) is 0 Å². The predicted octanol–water partition coefficient (Wildman–Crippen LogP) is 4.83. The molecule has 2 fully saturated rings. The molecule has 6 heteroatoms. The lowest BCUT2D eigenvalue weighted by molar-refractivity contribution is -0.137. The minimum Gasteiger partial charge on any atom is -0.403 e. The van der Waals surface area contributed by atoms with Crippen LogP contribution in [0.2, 0.25) is 0 Å². The van der Waals surface area contributed by atoms with Crippen LogP contribution in [0.15, 0.2) is 24.3 Å². The van der Waals surface area contributed by atoms with Gasteiger partial charge in [0.05, 0.1) is 16.8 Å². The van der Waals surface area contributed by atoms with E-state index in [4.69, 9.17) is 9.31 Å². The van der Waals surface area contributed by atoms with E-state index in [1.165, 1.54) is 0 Å². The molecule has 0 aromatic heterocycles. The van der Waals surface area contributed by atoms with Crippen LogP contribution >= 0.6 is 0 Å². The molecule has 126 valence electrons. The lowest BCUT2D eigenvalue weighted by Crippen LogP contribution is -2.41. The van der Waals surface area contributed by atoms with E-state index in [-0.39, 0.29) is 5.82 Å². The molecule has 23 heavy (non-hydrogen) atoms. The molecule has 1 aliphatic heterocycles. The van der Waals surface area contributed by atoms with Crippen molar-refractivity contribution in [1.82, 2.24) is 0 Å². The highest BCUT2D eigenvalue weighted by atomic mass is 19.4. The van der Waals surface area contributed by atoms with Crippen molar-refractivity contribution in [2.45, 2.75) is 63.7 Å². The van der Waals surface area contributed by atoms with E-state index >= 15 is 0 Å². The van der Waals surface area contributed by atoms with Gasteiger partial charge in [0.1, 0.15) is 0 Å². The highest BCUT2D eigenvalue weighted by Crippen LogP contribution is 2.49. The van der Waals surface area contributed by atoms with E-state index in [0.29, 0.717) is 5.92 Å². The molecule has 1 saturated carbocycles. The number of rotatable bonds is 3. The molecule has 0 radical (unpaired) electrons. The molecule has 1 aromatic carbocycles. The van der Waals surface area contributed by atoms with Gasteiger partial charge in [-0.1, -0.05) is 25.0 Å². The van der Waals surface area contributed by atoms with E-state index < -0.39 is 30.1 Å². The summed E-state index contributed by atoms with van der Waals surface area (Å²) in [7, 11) is -0.413. The SMILES string of the molecule is CC1(C)OB(C(c2ccc(C(F)(F)F)cc2)C2CC2)OC1(C)C. The van der Waals surface area contributed by atoms with Crippen LogP contribution in [0.5, 0.6) is 0 Å². The molecule has 2 nitrogen and oxygen atoms in total. The van der Waals surface area contributed by atoms with Crippen molar-refractivity contribution in [1.29, 1.82) is 0 Å². The Kier molecular flexibility index (Phi) is 3.84. The molecule has 0 N–H and O–H groups in total. The van der Waals surface area contributed by atoms with Crippen molar-refractivity contribution < 1.29 is 22.5 Å². The summed E-state index contributed by atoms with van der Waals surface area (Å²) in [6.07, 6.45) is -2.18. The Bertz CT molecular complexity index is 560. The van der Waals surface area contributed by atoms with Gasteiger partial charge < -0.3 is 9.31 Å². The fraction of sp³-hybridized carbons (Fsp3) is 0.647. The van der Waals surface area contributed by atoms with E-state index in [2.05, 4.69) is 0 Å². The molecule has 2 aliphatic rings. The summed E-state index contributed by atoms with van der Waals surface area (Å²) >= 11 is 0. The van der Waals surface area contributed by atoms with Gasteiger partial charge in [-0.25, -0.2) is 0 Å². The normalized spacial score (nSPS) is 24.7. The molecule has 1 aromatic rings. The summed E-state index contributed by atoms with van der Waals surface area (Å²) in [4.78, 5) is 0. The smallest absolute Gasteiger partial charge is 0.403 e. The van der Waals surface area contributed by atoms with Gasteiger partial charge in [-0.05, 0) is 51.3 Å². The Morgan fingerprint density at radius 2 is 1.48 bits per heavy atom. The average molecular weight is 326 g/mol. The number of halogens is 3. The third-order valence-electron chi connectivity index (χ3n) is 5.32. The summed E-state index contributed by atoms with van der Waals surface area (Å²) in [5.41, 5.74) is -0.628. The van der Waals surface area contributed by atoms with Crippen LogP contribution in [-0.2, 0) is 15.5 Å². The lowest BCUT2D eigenvalue weighted by atomic mass is 9.65. The Morgan fingerprint density at radius 3 is 1.87 bits per heavy atom. The maximum absolute atomic E-state index is 12.7. The Labute approximate surface area is 135 Å². The summed E-state index contributed by atoms with van der Waals surface area (Å²) in [5, 5.41) is 0. The van der Waals surface area contributed by atoms with Gasteiger partial charge in [-0.2, -0.15) is 13.2 Å². The van der Waals surface area contributed by atoms with Crippen molar-refractivity contribution in [2.24, 2.45) is 5.92 Å². The summed E-state index contributed by atoms with van der Waals surface area (Å²) in [6, 6.07) is 5.43. The molecule has 1 unspecified atom stereocenters. The van der Waals surface area contributed by atoms with Gasteiger partial charge in [0.25, 0.3) is 0 Å². The second-order valence-electron chi connectivity index (χ2n) is 7.61.